The van der Waals surface area contributed by atoms with Gasteiger partial charge in [0.2, 0.25) is 0 Å². The van der Waals surface area contributed by atoms with Crippen LogP contribution in [0.25, 0.3) is 10.2 Å². The molecule has 2 aromatic rings. The first-order chi connectivity index (χ1) is 12.6. The van der Waals surface area contributed by atoms with Gasteiger partial charge in [-0.05, 0) is 50.0 Å². The van der Waals surface area contributed by atoms with Crippen LogP contribution < -0.4 is 5.56 Å². The summed E-state index contributed by atoms with van der Waals surface area (Å²) >= 11 is 3.32. The van der Waals surface area contributed by atoms with E-state index in [-0.39, 0.29) is 5.56 Å². The zero-order valence-electron chi connectivity index (χ0n) is 17.1. The molecule has 146 valence electrons. The molecule has 1 aliphatic rings. The SMILES string of the molecule is C=C(C)CSc1nc2sc3c(c2c(=O)n1CC(=C)C)CC[C@H](C(C)(C)C)C3. The van der Waals surface area contributed by atoms with Gasteiger partial charge in [-0.2, -0.15) is 0 Å². The highest BCUT2D eigenvalue weighted by Gasteiger charge is 2.32. The number of fused-ring (bicyclic) bond motifs is 3. The van der Waals surface area contributed by atoms with Crippen LogP contribution in [0.2, 0.25) is 0 Å². The topological polar surface area (TPSA) is 34.9 Å². The molecule has 0 amide bonds. The molecule has 0 aliphatic heterocycles. The summed E-state index contributed by atoms with van der Waals surface area (Å²) in [6.45, 7) is 19.4. The van der Waals surface area contributed by atoms with Crippen LogP contribution in [0.5, 0.6) is 0 Å². The summed E-state index contributed by atoms with van der Waals surface area (Å²) in [6, 6.07) is 0. The third-order valence-corrected chi connectivity index (χ3v) is 7.59. The summed E-state index contributed by atoms with van der Waals surface area (Å²) in [4.78, 5) is 20.6. The predicted molar refractivity (Wildman–Crippen MR) is 119 cm³/mol. The van der Waals surface area contributed by atoms with Gasteiger partial charge < -0.3 is 0 Å². The van der Waals surface area contributed by atoms with Gasteiger partial charge in [0.1, 0.15) is 4.83 Å². The highest BCUT2D eigenvalue weighted by Crippen LogP contribution is 2.42. The lowest BCUT2D eigenvalue weighted by Gasteiger charge is -2.33. The van der Waals surface area contributed by atoms with Crippen molar-refractivity contribution in [2.24, 2.45) is 11.3 Å². The Bertz CT molecular complexity index is 959. The number of aromatic nitrogens is 2. The number of thioether (sulfide) groups is 1. The Balaban J connectivity index is 2.12. The molecule has 3 nitrogen and oxygen atoms in total. The van der Waals surface area contributed by atoms with Crippen LogP contribution in [0.15, 0.2) is 34.3 Å². The van der Waals surface area contributed by atoms with Crippen LogP contribution in [0.4, 0.5) is 0 Å². The second kappa shape index (κ2) is 7.59. The third kappa shape index (κ3) is 4.24. The van der Waals surface area contributed by atoms with Gasteiger partial charge in [0, 0.05) is 17.2 Å². The quantitative estimate of drug-likeness (QED) is 0.357. The normalized spacial score (nSPS) is 17.1. The fraction of sp³-hybridized carbons (Fsp3) is 0.545. The second-order valence-corrected chi connectivity index (χ2v) is 11.0. The standard InChI is InChI=1S/C22H30N2OS2/c1-13(2)11-24-20(25)18-16-9-8-15(22(5,6)7)10-17(16)27-19(18)23-21(24)26-12-14(3)4/h15H,1,3,8-12H2,2,4-7H3/t15-/m0/s1. The number of hydrogen-bond donors (Lipinski definition) is 0. The van der Waals surface area contributed by atoms with E-state index in [1.165, 1.54) is 10.4 Å². The number of thiophene rings is 1. The van der Waals surface area contributed by atoms with Crippen molar-refractivity contribution in [3.8, 4) is 0 Å². The minimum absolute atomic E-state index is 0.0962. The number of aryl methyl sites for hydroxylation is 1. The monoisotopic (exact) mass is 402 g/mol. The van der Waals surface area contributed by atoms with E-state index in [0.29, 0.717) is 17.9 Å². The van der Waals surface area contributed by atoms with Crippen molar-refractivity contribution in [3.05, 3.63) is 45.1 Å². The van der Waals surface area contributed by atoms with Crippen LogP contribution in [-0.4, -0.2) is 15.3 Å². The number of allylic oxidation sites excluding steroid dienone is 1. The summed E-state index contributed by atoms with van der Waals surface area (Å²) < 4.78 is 1.81. The molecule has 0 fully saturated rings. The fourth-order valence-electron chi connectivity index (χ4n) is 3.69. The molecule has 0 unspecified atom stereocenters. The van der Waals surface area contributed by atoms with E-state index in [9.17, 15) is 4.79 Å². The largest absolute Gasteiger partial charge is 0.283 e. The Morgan fingerprint density at radius 2 is 2.00 bits per heavy atom. The molecule has 2 aromatic heterocycles. The van der Waals surface area contributed by atoms with Gasteiger partial charge in [0.25, 0.3) is 5.56 Å². The number of rotatable bonds is 5. The molecule has 0 N–H and O–H groups in total. The van der Waals surface area contributed by atoms with Crippen molar-refractivity contribution in [2.45, 2.75) is 65.6 Å². The van der Waals surface area contributed by atoms with Crippen LogP contribution in [-0.2, 0) is 19.4 Å². The average Bonchev–Trinajstić information content (AvgIpc) is 2.92. The highest BCUT2D eigenvalue weighted by molar-refractivity contribution is 7.99. The zero-order chi connectivity index (χ0) is 19.9. The molecular weight excluding hydrogens is 372 g/mol. The smallest absolute Gasteiger partial charge is 0.263 e. The Morgan fingerprint density at radius 3 is 2.59 bits per heavy atom. The lowest BCUT2D eigenvalue weighted by atomic mass is 9.72. The summed E-state index contributed by atoms with van der Waals surface area (Å²) in [7, 11) is 0. The van der Waals surface area contributed by atoms with Gasteiger partial charge in [-0.25, -0.2) is 4.98 Å². The Morgan fingerprint density at radius 1 is 1.30 bits per heavy atom. The van der Waals surface area contributed by atoms with Crippen molar-refractivity contribution in [2.75, 3.05) is 5.75 Å². The molecule has 0 bridgehead atoms. The zero-order valence-corrected chi connectivity index (χ0v) is 18.8. The van der Waals surface area contributed by atoms with Crippen molar-refractivity contribution in [1.29, 1.82) is 0 Å². The van der Waals surface area contributed by atoms with E-state index in [1.54, 1.807) is 27.7 Å². The first-order valence-corrected chi connectivity index (χ1v) is 11.3. The van der Waals surface area contributed by atoms with Gasteiger partial charge in [-0.15, -0.1) is 11.3 Å². The molecule has 0 aromatic carbocycles. The van der Waals surface area contributed by atoms with Crippen LogP contribution in [0, 0.1) is 11.3 Å². The number of nitrogens with zero attached hydrogens (tertiary/aromatic N) is 2. The van der Waals surface area contributed by atoms with Crippen molar-refractivity contribution >= 4 is 33.3 Å². The predicted octanol–water partition coefficient (Wildman–Crippen LogP) is 5.85. The first kappa shape index (κ1) is 20.4. The number of hydrogen-bond acceptors (Lipinski definition) is 4. The van der Waals surface area contributed by atoms with E-state index in [1.807, 2.05) is 13.8 Å². The Hall–Kier alpha value is -1.33. The Labute approximate surface area is 170 Å². The van der Waals surface area contributed by atoms with Crippen LogP contribution in [0.1, 0.15) is 51.5 Å². The minimum Gasteiger partial charge on any atom is -0.283 e. The van der Waals surface area contributed by atoms with E-state index in [2.05, 4.69) is 33.9 Å². The van der Waals surface area contributed by atoms with Gasteiger partial charge in [-0.1, -0.05) is 56.8 Å². The average molecular weight is 403 g/mol. The molecule has 0 saturated carbocycles. The molecule has 3 rings (SSSR count). The molecule has 0 spiro atoms. The lowest BCUT2D eigenvalue weighted by molar-refractivity contribution is 0.218. The van der Waals surface area contributed by atoms with Gasteiger partial charge in [0.05, 0.1) is 5.39 Å². The van der Waals surface area contributed by atoms with Crippen molar-refractivity contribution in [1.82, 2.24) is 9.55 Å². The van der Waals surface area contributed by atoms with E-state index < -0.39 is 0 Å². The minimum atomic E-state index is 0.0962. The molecular formula is C22H30N2OS2. The summed E-state index contributed by atoms with van der Waals surface area (Å²) in [5.41, 5.74) is 3.69. The molecule has 5 heteroatoms. The molecule has 27 heavy (non-hydrogen) atoms. The molecule has 1 atom stereocenters. The van der Waals surface area contributed by atoms with Crippen LogP contribution >= 0.6 is 23.1 Å². The van der Waals surface area contributed by atoms with Crippen LogP contribution in [0.3, 0.4) is 0 Å². The fourth-order valence-corrected chi connectivity index (χ4v) is 5.87. The maximum absolute atomic E-state index is 13.4. The maximum Gasteiger partial charge on any atom is 0.263 e. The maximum atomic E-state index is 13.4. The molecule has 0 saturated heterocycles. The van der Waals surface area contributed by atoms with Gasteiger partial charge in [-0.3, -0.25) is 9.36 Å². The van der Waals surface area contributed by atoms with Gasteiger partial charge >= 0.3 is 0 Å². The summed E-state index contributed by atoms with van der Waals surface area (Å²) in [5.74, 6) is 1.43. The summed E-state index contributed by atoms with van der Waals surface area (Å²) in [5, 5.41) is 1.63. The first-order valence-electron chi connectivity index (χ1n) is 9.54. The molecule has 2 heterocycles. The van der Waals surface area contributed by atoms with Crippen molar-refractivity contribution in [3.63, 3.8) is 0 Å². The van der Waals surface area contributed by atoms with E-state index >= 15 is 0 Å². The Kier molecular flexibility index (Phi) is 5.74. The van der Waals surface area contributed by atoms with E-state index in [4.69, 9.17) is 4.98 Å². The van der Waals surface area contributed by atoms with Gasteiger partial charge in [0.15, 0.2) is 5.16 Å². The summed E-state index contributed by atoms with van der Waals surface area (Å²) in [6.07, 6.45) is 3.20. The third-order valence-electron chi connectivity index (χ3n) is 5.23. The van der Waals surface area contributed by atoms with E-state index in [0.717, 1.165) is 51.5 Å². The molecule has 1 aliphatic carbocycles. The lowest BCUT2D eigenvalue weighted by Crippen LogP contribution is -2.27. The van der Waals surface area contributed by atoms with Crippen molar-refractivity contribution < 1.29 is 0 Å². The highest BCUT2D eigenvalue weighted by atomic mass is 32.2. The second-order valence-electron chi connectivity index (χ2n) is 8.98. The molecule has 0 radical (unpaired) electrons.